The van der Waals surface area contributed by atoms with Gasteiger partial charge in [0, 0.05) is 5.69 Å². The third-order valence-electron chi connectivity index (χ3n) is 2.56. The third kappa shape index (κ3) is 3.56. The van der Waals surface area contributed by atoms with Gasteiger partial charge in [0.25, 0.3) is 0 Å². The third-order valence-corrected chi connectivity index (χ3v) is 3.82. The number of benzene rings is 2. The van der Waals surface area contributed by atoms with Gasteiger partial charge in [-0.2, -0.15) is 5.26 Å². The van der Waals surface area contributed by atoms with Crippen molar-refractivity contribution in [2.45, 2.75) is 5.75 Å². The van der Waals surface area contributed by atoms with Gasteiger partial charge in [-0.05, 0) is 23.8 Å². The van der Waals surface area contributed by atoms with Crippen LogP contribution in [0.4, 0.5) is 10.1 Å². The Bertz CT molecular complexity index is 752. The second-order valence-corrected chi connectivity index (χ2v) is 5.88. The van der Waals surface area contributed by atoms with Gasteiger partial charge in [0.1, 0.15) is 11.9 Å². The Hall–Kier alpha value is -2.39. The van der Waals surface area contributed by atoms with Crippen LogP contribution in [-0.2, 0) is 15.8 Å². The Morgan fingerprint density at radius 1 is 1.15 bits per heavy atom. The van der Waals surface area contributed by atoms with E-state index in [-0.39, 0.29) is 17.0 Å². The van der Waals surface area contributed by atoms with E-state index in [1.807, 2.05) is 0 Å². The first kappa shape index (κ1) is 14.0. The van der Waals surface area contributed by atoms with E-state index in [0.717, 1.165) is 12.1 Å². The molecule has 4 nitrogen and oxygen atoms in total. The van der Waals surface area contributed by atoms with Gasteiger partial charge >= 0.3 is 0 Å². The molecule has 0 radical (unpaired) electrons. The van der Waals surface area contributed by atoms with Crippen LogP contribution in [-0.4, -0.2) is 8.42 Å². The predicted octanol–water partition coefficient (Wildman–Crippen LogP) is 2.64. The number of anilines is 1. The summed E-state index contributed by atoms with van der Waals surface area (Å²) in [6.45, 7) is 0. The van der Waals surface area contributed by atoms with Crippen molar-refractivity contribution in [3.63, 3.8) is 0 Å². The van der Waals surface area contributed by atoms with Gasteiger partial charge < -0.3 is 0 Å². The quantitative estimate of drug-likeness (QED) is 0.941. The summed E-state index contributed by atoms with van der Waals surface area (Å²) in [7, 11) is -3.61. The van der Waals surface area contributed by atoms with Gasteiger partial charge in [0.2, 0.25) is 10.0 Å². The number of rotatable bonds is 4. The van der Waals surface area contributed by atoms with Crippen LogP contribution >= 0.6 is 0 Å². The molecule has 2 rings (SSSR count). The van der Waals surface area contributed by atoms with Crippen molar-refractivity contribution in [1.82, 2.24) is 0 Å². The van der Waals surface area contributed by atoms with Crippen molar-refractivity contribution in [3.05, 3.63) is 65.5 Å². The molecule has 0 saturated heterocycles. The Morgan fingerprint density at radius 3 is 2.50 bits per heavy atom. The monoisotopic (exact) mass is 290 g/mol. The lowest BCUT2D eigenvalue weighted by atomic mass is 10.2. The highest BCUT2D eigenvalue weighted by atomic mass is 32.2. The van der Waals surface area contributed by atoms with E-state index in [9.17, 15) is 12.8 Å². The summed E-state index contributed by atoms with van der Waals surface area (Å²) in [5, 5.41) is 8.71. The van der Waals surface area contributed by atoms with Gasteiger partial charge in [0.05, 0.1) is 11.3 Å². The molecule has 0 heterocycles. The maximum atomic E-state index is 13.1. The minimum absolute atomic E-state index is 0.166. The number of hydrogen-bond donors (Lipinski definition) is 1. The van der Waals surface area contributed by atoms with E-state index in [1.54, 1.807) is 36.4 Å². The van der Waals surface area contributed by atoms with Crippen molar-refractivity contribution in [2.24, 2.45) is 0 Å². The zero-order valence-corrected chi connectivity index (χ0v) is 11.2. The van der Waals surface area contributed by atoms with Crippen molar-refractivity contribution < 1.29 is 12.8 Å². The minimum Gasteiger partial charge on any atom is -0.283 e. The lowest BCUT2D eigenvalue weighted by Crippen LogP contribution is -2.15. The summed E-state index contributed by atoms with van der Waals surface area (Å²) in [4.78, 5) is 0. The van der Waals surface area contributed by atoms with Crippen molar-refractivity contribution >= 4 is 15.7 Å². The number of nitrogens with one attached hydrogen (secondary N) is 1. The summed E-state index contributed by atoms with van der Waals surface area (Å²) >= 11 is 0. The molecule has 6 heteroatoms. The van der Waals surface area contributed by atoms with Gasteiger partial charge in [-0.1, -0.05) is 30.3 Å². The Morgan fingerprint density at radius 2 is 1.85 bits per heavy atom. The molecule has 2 aromatic rings. The maximum absolute atomic E-state index is 13.1. The first-order valence-electron chi connectivity index (χ1n) is 5.74. The van der Waals surface area contributed by atoms with Gasteiger partial charge in [0.15, 0.2) is 0 Å². The summed E-state index contributed by atoms with van der Waals surface area (Å²) in [5.41, 5.74) is 0.603. The van der Waals surface area contributed by atoms with Crippen LogP contribution in [0.1, 0.15) is 11.1 Å². The van der Waals surface area contributed by atoms with Gasteiger partial charge in [-0.25, -0.2) is 12.8 Å². The van der Waals surface area contributed by atoms with Crippen molar-refractivity contribution in [2.75, 3.05) is 4.72 Å². The van der Waals surface area contributed by atoms with E-state index >= 15 is 0 Å². The van der Waals surface area contributed by atoms with Crippen LogP contribution in [0.5, 0.6) is 0 Å². The van der Waals surface area contributed by atoms with Crippen LogP contribution in [0.3, 0.4) is 0 Å². The normalized spacial score (nSPS) is 10.8. The molecule has 20 heavy (non-hydrogen) atoms. The van der Waals surface area contributed by atoms with Crippen molar-refractivity contribution in [1.29, 1.82) is 5.26 Å². The lowest BCUT2D eigenvalue weighted by molar-refractivity contribution is 0.600. The highest BCUT2D eigenvalue weighted by Gasteiger charge is 2.12. The molecule has 0 unspecified atom stereocenters. The molecular weight excluding hydrogens is 279 g/mol. The molecule has 1 N–H and O–H groups in total. The molecule has 0 aliphatic carbocycles. The SMILES string of the molecule is N#Cc1cc(NS(=O)(=O)Cc2ccccc2)ccc1F. The van der Waals surface area contributed by atoms with E-state index in [0.29, 0.717) is 5.56 Å². The van der Waals surface area contributed by atoms with Crippen molar-refractivity contribution in [3.8, 4) is 6.07 Å². The van der Waals surface area contributed by atoms with Crippen LogP contribution < -0.4 is 4.72 Å². The van der Waals surface area contributed by atoms with Crippen LogP contribution in [0, 0.1) is 17.1 Å². The van der Waals surface area contributed by atoms with E-state index in [4.69, 9.17) is 5.26 Å². The number of nitrogens with zero attached hydrogens (tertiary/aromatic N) is 1. The average Bonchev–Trinajstić information content (AvgIpc) is 2.41. The number of hydrogen-bond acceptors (Lipinski definition) is 3. The van der Waals surface area contributed by atoms with E-state index < -0.39 is 15.8 Å². The van der Waals surface area contributed by atoms with Gasteiger partial charge in [-0.3, -0.25) is 4.72 Å². The largest absolute Gasteiger partial charge is 0.283 e. The molecule has 0 bridgehead atoms. The van der Waals surface area contributed by atoms with Crippen LogP contribution in [0.2, 0.25) is 0 Å². The fourth-order valence-electron chi connectivity index (χ4n) is 1.68. The molecule has 2 aromatic carbocycles. The first-order chi connectivity index (χ1) is 9.50. The summed E-state index contributed by atoms with van der Waals surface area (Å²) < 4.78 is 39.4. The molecule has 0 saturated carbocycles. The maximum Gasteiger partial charge on any atom is 0.236 e. The molecule has 0 atom stereocenters. The molecular formula is C14H11FN2O2S. The fourth-order valence-corrected chi connectivity index (χ4v) is 2.87. The summed E-state index contributed by atoms with van der Waals surface area (Å²) in [5.74, 6) is -0.869. The van der Waals surface area contributed by atoms with Crippen LogP contribution in [0.25, 0.3) is 0 Å². The zero-order chi connectivity index (χ0) is 14.6. The topological polar surface area (TPSA) is 70.0 Å². The highest BCUT2D eigenvalue weighted by Crippen LogP contribution is 2.16. The Labute approximate surface area is 116 Å². The van der Waals surface area contributed by atoms with E-state index in [1.165, 1.54) is 6.07 Å². The van der Waals surface area contributed by atoms with Crippen LogP contribution in [0.15, 0.2) is 48.5 Å². The second-order valence-electron chi connectivity index (χ2n) is 4.15. The molecule has 0 spiro atoms. The predicted molar refractivity (Wildman–Crippen MR) is 73.8 cm³/mol. The molecule has 0 aliphatic heterocycles. The standard InChI is InChI=1S/C14H11FN2O2S/c15-14-7-6-13(8-12(14)9-16)17-20(18,19)10-11-4-2-1-3-5-11/h1-8,17H,10H2. The molecule has 0 aliphatic rings. The average molecular weight is 290 g/mol. The molecule has 0 aromatic heterocycles. The number of sulfonamides is 1. The minimum atomic E-state index is -3.61. The van der Waals surface area contributed by atoms with E-state index in [2.05, 4.69) is 4.72 Å². The second kappa shape index (κ2) is 5.72. The summed E-state index contributed by atoms with van der Waals surface area (Å²) in [6, 6.07) is 13.8. The molecule has 102 valence electrons. The van der Waals surface area contributed by atoms with Gasteiger partial charge in [-0.15, -0.1) is 0 Å². The first-order valence-corrected chi connectivity index (χ1v) is 7.39. The number of halogens is 1. The summed E-state index contributed by atoms with van der Waals surface area (Å²) in [6.07, 6.45) is 0. The fraction of sp³-hybridized carbons (Fsp3) is 0.0714. The number of nitriles is 1. The highest BCUT2D eigenvalue weighted by molar-refractivity contribution is 7.91. The molecule has 0 fully saturated rings. The molecule has 0 amide bonds. The Balaban J connectivity index is 2.19. The zero-order valence-electron chi connectivity index (χ0n) is 10.4. The Kier molecular flexibility index (Phi) is 4.01. The lowest BCUT2D eigenvalue weighted by Gasteiger charge is -2.08. The smallest absolute Gasteiger partial charge is 0.236 e.